The number of fused-ring (bicyclic) bond motifs is 1. The first-order valence-electron chi connectivity index (χ1n) is 5.91. The lowest BCUT2D eigenvalue weighted by Gasteiger charge is -2.15. The SMILES string of the molecule is Cc1nnc(NC(C)CCN)c2ccccc12. The third-order valence-corrected chi connectivity index (χ3v) is 2.85. The molecule has 2 rings (SSSR count). The van der Waals surface area contributed by atoms with E-state index in [1.54, 1.807) is 0 Å². The number of rotatable bonds is 4. The van der Waals surface area contributed by atoms with Crippen LogP contribution in [0.5, 0.6) is 0 Å². The van der Waals surface area contributed by atoms with Gasteiger partial charge in [0.15, 0.2) is 5.82 Å². The van der Waals surface area contributed by atoms with Gasteiger partial charge in [-0.15, -0.1) is 5.10 Å². The molecular weight excluding hydrogens is 212 g/mol. The lowest BCUT2D eigenvalue weighted by molar-refractivity contribution is 0.712. The van der Waals surface area contributed by atoms with Crippen LogP contribution < -0.4 is 11.1 Å². The molecule has 0 saturated heterocycles. The van der Waals surface area contributed by atoms with Gasteiger partial charge < -0.3 is 11.1 Å². The third kappa shape index (κ3) is 2.53. The zero-order chi connectivity index (χ0) is 12.3. The summed E-state index contributed by atoms with van der Waals surface area (Å²) in [6, 6.07) is 8.47. The number of benzene rings is 1. The number of anilines is 1. The fourth-order valence-electron chi connectivity index (χ4n) is 1.90. The summed E-state index contributed by atoms with van der Waals surface area (Å²) in [5, 5.41) is 14.0. The van der Waals surface area contributed by atoms with Crippen molar-refractivity contribution < 1.29 is 0 Å². The molecule has 0 spiro atoms. The zero-order valence-electron chi connectivity index (χ0n) is 10.3. The minimum atomic E-state index is 0.306. The average molecular weight is 230 g/mol. The van der Waals surface area contributed by atoms with E-state index in [0.717, 1.165) is 28.7 Å². The molecule has 90 valence electrons. The number of aromatic nitrogens is 2. The first kappa shape index (κ1) is 11.8. The molecule has 0 bridgehead atoms. The molecule has 0 fully saturated rings. The van der Waals surface area contributed by atoms with E-state index < -0.39 is 0 Å². The molecular formula is C13H18N4. The Morgan fingerprint density at radius 2 is 1.94 bits per heavy atom. The van der Waals surface area contributed by atoms with Crippen LogP contribution >= 0.6 is 0 Å². The maximum absolute atomic E-state index is 5.54. The average Bonchev–Trinajstić information content (AvgIpc) is 2.34. The zero-order valence-corrected chi connectivity index (χ0v) is 10.3. The first-order valence-corrected chi connectivity index (χ1v) is 5.91. The molecule has 17 heavy (non-hydrogen) atoms. The van der Waals surface area contributed by atoms with Crippen molar-refractivity contribution in [1.29, 1.82) is 0 Å². The Balaban J connectivity index is 2.38. The number of hydrogen-bond donors (Lipinski definition) is 2. The standard InChI is InChI=1S/C13H18N4/c1-9(7-8-14)15-13-12-6-4-3-5-11(12)10(2)16-17-13/h3-6,9H,7-8,14H2,1-2H3,(H,15,17). The van der Waals surface area contributed by atoms with Crippen LogP contribution in [0.25, 0.3) is 10.8 Å². The first-order chi connectivity index (χ1) is 8.22. The summed E-state index contributed by atoms with van der Waals surface area (Å²) in [6.07, 6.45) is 0.921. The second-order valence-corrected chi connectivity index (χ2v) is 4.30. The van der Waals surface area contributed by atoms with Gasteiger partial charge in [-0.3, -0.25) is 0 Å². The molecule has 0 radical (unpaired) electrons. The third-order valence-electron chi connectivity index (χ3n) is 2.85. The van der Waals surface area contributed by atoms with Gasteiger partial charge >= 0.3 is 0 Å². The second kappa shape index (κ2) is 5.10. The minimum absolute atomic E-state index is 0.306. The summed E-state index contributed by atoms with van der Waals surface area (Å²) in [4.78, 5) is 0. The van der Waals surface area contributed by atoms with Gasteiger partial charge in [-0.05, 0) is 26.8 Å². The summed E-state index contributed by atoms with van der Waals surface area (Å²) in [7, 11) is 0. The predicted octanol–water partition coefficient (Wildman–Crippen LogP) is 2.09. The number of hydrogen-bond acceptors (Lipinski definition) is 4. The molecule has 0 aliphatic carbocycles. The van der Waals surface area contributed by atoms with Crippen molar-refractivity contribution in [1.82, 2.24) is 10.2 Å². The molecule has 4 nitrogen and oxygen atoms in total. The highest BCUT2D eigenvalue weighted by atomic mass is 15.2. The Labute approximate surface area is 101 Å². The van der Waals surface area contributed by atoms with Crippen molar-refractivity contribution in [3.8, 4) is 0 Å². The molecule has 1 aromatic carbocycles. The molecule has 1 heterocycles. The van der Waals surface area contributed by atoms with Crippen LogP contribution in [0.1, 0.15) is 19.0 Å². The topological polar surface area (TPSA) is 63.8 Å². The van der Waals surface area contributed by atoms with E-state index in [1.165, 1.54) is 0 Å². The number of aryl methyl sites for hydroxylation is 1. The highest BCUT2D eigenvalue weighted by molar-refractivity contribution is 5.92. The maximum atomic E-state index is 5.54. The molecule has 3 N–H and O–H groups in total. The Bertz CT molecular complexity index is 510. The molecule has 2 aromatic rings. The molecule has 0 aliphatic rings. The lowest BCUT2D eigenvalue weighted by atomic mass is 10.1. The van der Waals surface area contributed by atoms with Gasteiger partial charge in [-0.1, -0.05) is 24.3 Å². The molecule has 0 aliphatic heterocycles. The fourth-order valence-corrected chi connectivity index (χ4v) is 1.90. The molecule has 1 atom stereocenters. The Morgan fingerprint density at radius 3 is 2.65 bits per heavy atom. The van der Waals surface area contributed by atoms with Gasteiger partial charge in [0.05, 0.1) is 5.69 Å². The van der Waals surface area contributed by atoms with Crippen LogP contribution in [0, 0.1) is 6.92 Å². The number of nitrogens with one attached hydrogen (secondary N) is 1. The Hall–Kier alpha value is -1.68. The number of nitrogens with two attached hydrogens (primary N) is 1. The van der Waals surface area contributed by atoms with Crippen molar-refractivity contribution in [2.45, 2.75) is 26.3 Å². The van der Waals surface area contributed by atoms with E-state index in [9.17, 15) is 0 Å². The van der Waals surface area contributed by atoms with E-state index in [2.05, 4.69) is 34.6 Å². The minimum Gasteiger partial charge on any atom is -0.366 e. The van der Waals surface area contributed by atoms with Crippen LogP contribution in [-0.2, 0) is 0 Å². The monoisotopic (exact) mass is 230 g/mol. The van der Waals surface area contributed by atoms with Gasteiger partial charge in [-0.2, -0.15) is 5.10 Å². The second-order valence-electron chi connectivity index (χ2n) is 4.30. The smallest absolute Gasteiger partial charge is 0.156 e. The largest absolute Gasteiger partial charge is 0.366 e. The lowest BCUT2D eigenvalue weighted by Crippen LogP contribution is -2.20. The summed E-state index contributed by atoms with van der Waals surface area (Å²) in [6.45, 7) is 4.75. The van der Waals surface area contributed by atoms with Gasteiger partial charge in [0.25, 0.3) is 0 Å². The Kier molecular flexibility index (Phi) is 3.54. The summed E-state index contributed by atoms with van der Waals surface area (Å²) >= 11 is 0. The highest BCUT2D eigenvalue weighted by Gasteiger charge is 2.08. The summed E-state index contributed by atoms with van der Waals surface area (Å²) < 4.78 is 0. The van der Waals surface area contributed by atoms with Crippen molar-refractivity contribution >= 4 is 16.6 Å². The highest BCUT2D eigenvalue weighted by Crippen LogP contribution is 2.22. The van der Waals surface area contributed by atoms with Crippen LogP contribution in [0.3, 0.4) is 0 Å². The molecule has 0 amide bonds. The molecule has 4 heteroatoms. The van der Waals surface area contributed by atoms with Gasteiger partial charge in [0.2, 0.25) is 0 Å². The summed E-state index contributed by atoms with van der Waals surface area (Å²) in [5.74, 6) is 0.840. The molecule has 0 saturated carbocycles. The predicted molar refractivity (Wildman–Crippen MR) is 71.0 cm³/mol. The van der Waals surface area contributed by atoms with Crippen molar-refractivity contribution in [3.63, 3.8) is 0 Å². The van der Waals surface area contributed by atoms with E-state index in [0.29, 0.717) is 12.6 Å². The Morgan fingerprint density at radius 1 is 1.24 bits per heavy atom. The molecule has 1 aromatic heterocycles. The van der Waals surface area contributed by atoms with Crippen molar-refractivity contribution in [3.05, 3.63) is 30.0 Å². The van der Waals surface area contributed by atoms with Crippen LogP contribution in [0.2, 0.25) is 0 Å². The van der Waals surface area contributed by atoms with Gasteiger partial charge in [0.1, 0.15) is 0 Å². The van der Waals surface area contributed by atoms with Gasteiger partial charge in [0, 0.05) is 16.8 Å². The summed E-state index contributed by atoms with van der Waals surface area (Å²) in [5.41, 5.74) is 6.50. The van der Waals surface area contributed by atoms with Crippen LogP contribution in [0.15, 0.2) is 24.3 Å². The van der Waals surface area contributed by atoms with Crippen LogP contribution in [-0.4, -0.2) is 22.8 Å². The molecule has 1 unspecified atom stereocenters. The van der Waals surface area contributed by atoms with E-state index in [-0.39, 0.29) is 0 Å². The number of nitrogens with zero attached hydrogens (tertiary/aromatic N) is 2. The fraction of sp³-hybridized carbons (Fsp3) is 0.385. The van der Waals surface area contributed by atoms with Crippen molar-refractivity contribution in [2.75, 3.05) is 11.9 Å². The van der Waals surface area contributed by atoms with Gasteiger partial charge in [-0.25, -0.2) is 0 Å². The van der Waals surface area contributed by atoms with E-state index in [1.807, 2.05) is 19.1 Å². The maximum Gasteiger partial charge on any atom is 0.156 e. The van der Waals surface area contributed by atoms with Crippen LogP contribution in [0.4, 0.5) is 5.82 Å². The van der Waals surface area contributed by atoms with Crippen molar-refractivity contribution in [2.24, 2.45) is 5.73 Å². The normalized spacial score (nSPS) is 12.6. The van der Waals surface area contributed by atoms with E-state index in [4.69, 9.17) is 5.73 Å². The quantitative estimate of drug-likeness (QED) is 0.844. The van der Waals surface area contributed by atoms with E-state index >= 15 is 0 Å².